The van der Waals surface area contributed by atoms with Gasteiger partial charge in [0.25, 0.3) is 5.82 Å². The zero-order valence-corrected chi connectivity index (χ0v) is 17.2. The molecule has 2 aromatic heterocycles. The molecule has 0 N–H and O–H groups in total. The SMILES string of the molecule is Cc1c(-c2ccccc2)n(-c2ccccc2)c(C(C)(C)C)[n+]1-c1ccnn1C. The highest BCUT2D eigenvalue weighted by Crippen LogP contribution is 2.33. The van der Waals surface area contributed by atoms with Crippen molar-refractivity contribution in [2.75, 3.05) is 0 Å². The van der Waals surface area contributed by atoms with Gasteiger partial charge in [0.2, 0.25) is 5.82 Å². The van der Waals surface area contributed by atoms with Crippen molar-refractivity contribution in [1.29, 1.82) is 0 Å². The third-order valence-corrected chi connectivity index (χ3v) is 5.08. The quantitative estimate of drug-likeness (QED) is 0.477. The van der Waals surface area contributed by atoms with Gasteiger partial charge in [0.05, 0.1) is 13.2 Å². The topological polar surface area (TPSA) is 26.6 Å². The molecule has 0 unspecified atom stereocenters. The summed E-state index contributed by atoms with van der Waals surface area (Å²) in [5.41, 5.74) is 4.69. The molecule has 0 radical (unpaired) electrons. The second-order valence-electron chi connectivity index (χ2n) is 8.19. The van der Waals surface area contributed by atoms with Crippen molar-refractivity contribution in [3.63, 3.8) is 0 Å². The molecule has 0 bridgehead atoms. The lowest BCUT2D eigenvalue weighted by Gasteiger charge is -2.19. The number of nitrogens with zero attached hydrogens (tertiary/aromatic N) is 4. The summed E-state index contributed by atoms with van der Waals surface area (Å²) in [6.07, 6.45) is 1.86. The summed E-state index contributed by atoms with van der Waals surface area (Å²) in [6.45, 7) is 9.00. The van der Waals surface area contributed by atoms with Crippen LogP contribution in [0.4, 0.5) is 0 Å². The Bertz CT molecular complexity index is 1100. The van der Waals surface area contributed by atoms with Crippen molar-refractivity contribution in [1.82, 2.24) is 14.3 Å². The Labute approximate surface area is 166 Å². The first kappa shape index (κ1) is 18.2. The van der Waals surface area contributed by atoms with E-state index in [0.29, 0.717) is 0 Å². The first-order valence-electron chi connectivity index (χ1n) is 9.66. The molecular formula is C24H27N4+. The lowest BCUT2D eigenvalue weighted by atomic mass is 9.95. The number of imidazole rings is 1. The Balaban J connectivity index is 2.18. The van der Waals surface area contributed by atoms with Crippen LogP contribution in [0.25, 0.3) is 22.8 Å². The van der Waals surface area contributed by atoms with Crippen molar-refractivity contribution in [2.45, 2.75) is 33.1 Å². The van der Waals surface area contributed by atoms with E-state index in [1.54, 1.807) is 0 Å². The van der Waals surface area contributed by atoms with E-state index in [1.165, 1.54) is 22.8 Å². The number of benzene rings is 2. The second kappa shape index (κ2) is 6.79. The highest BCUT2D eigenvalue weighted by molar-refractivity contribution is 5.65. The highest BCUT2D eigenvalue weighted by Gasteiger charge is 2.37. The molecule has 0 aliphatic rings. The van der Waals surface area contributed by atoms with Crippen LogP contribution in [-0.4, -0.2) is 14.3 Å². The molecule has 0 spiro atoms. The normalized spacial score (nSPS) is 11.8. The summed E-state index contributed by atoms with van der Waals surface area (Å²) in [5, 5.41) is 4.43. The predicted octanol–water partition coefficient (Wildman–Crippen LogP) is 4.76. The number of aromatic nitrogens is 4. The Morgan fingerprint density at radius 1 is 0.857 bits per heavy atom. The third-order valence-electron chi connectivity index (χ3n) is 5.08. The van der Waals surface area contributed by atoms with Crippen LogP contribution in [0, 0.1) is 6.92 Å². The number of hydrogen-bond donors (Lipinski definition) is 0. The maximum absolute atomic E-state index is 4.43. The standard InChI is InChI=1S/C24H27N4/c1-18-22(19-12-8-6-9-13-19)28(20-14-10-7-11-15-20)23(24(2,3)4)27(18)21-16-17-25-26(21)5/h6-17H,1-5H3/q+1. The Morgan fingerprint density at radius 2 is 1.46 bits per heavy atom. The van der Waals surface area contributed by atoms with E-state index in [-0.39, 0.29) is 5.41 Å². The smallest absolute Gasteiger partial charge is 0.225 e. The summed E-state index contributed by atoms with van der Waals surface area (Å²) >= 11 is 0. The minimum absolute atomic E-state index is 0.0854. The van der Waals surface area contributed by atoms with Gasteiger partial charge in [-0.2, -0.15) is 4.68 Å². The number of para-hydroxylation sites is 1. The van der Waals surface area contributed by atoms with E-state index in [9.17, 15) is 0 Å². The van der Waals surface area contributed by atoms with Crippen LogP contribution in [-0.2, 0) is 12.5 Å². The molecule has 28 heavy (non-hydrogen) atoms. The highest BCUT2D eigenvalue weighted by atomic mass is 15.3. The van der Waals surface area contributed by atoms with Crippen LogP contribution in [0.15, 0.2) is 72.9 Å². The van der Waals surface area contributed by atoms with E-state index in [2.05, 4.69) is 109 Å². The molecule has 4 aromatic rings. The molecule has 0 atom stereocenters. The molecular weight excluding hydrogens is 344 g/mol. The van der Waals surface area contributed by atoms with Gasteiger partial charge in [-0.3, -0.25) is 0 Å². The summed E-state index contributed by atoms with van der Waals surface area (Å²) in [5.74, 6) is 2.29. The van der Waals surface area contributed by atoms with Gasteiger partial charge in [-0.1, -0.05) is 69.3 Å². The number of aryl methyl sites for hydroxylation is 1. The van der Waals surface area contributed by atoms with E-state index in [0.717, 1.165) is 11.5 Å². The summed E-state index contributed by atoms with van der Waals surface area (Å²) in [6, 6.07) is 23.3. The predicted molar refractivity (Wildman–Crippen MR) is 113 cm³/mol. The van der Waals surface area contributed by atoms with Gasteiger partial charge in [-0.25, -0.2) is 9.13 Å². The minimum atomic E-state index is -0.0854. The third kappa shape index (κ3) is 2.95. The van der Waals surface area contributed by atoms with Gasteiger partial charge in [-0.15, -0.1) is 5.10 Å². The van der Waals surface area contributed by atoms with E-state index >= 15 is 0 Å². The lowest BCUT2D eigenvalue weighted by Crippen LogP contribution is -2.44. The van der Waals surface area contributed by atoms with Gasteiger partial charge in [0.15, 0.2) is 0 Å². The Kier molecular flexibility index (Phi) is 4.42. The molecule has 2 heterocycles. The summed E-state index contributed by atoms with van der Waals surface area (Å²) in [7, 11) is 2.00. The van der Waals surface area contributed by atoms with Crippen LogP contribution >= 0.6 is 0 Å². The molecule has 4 rings (SSSR count). The first-order chi connectivity index (χ1) is 13.4. The van der Waals surface area contributed by atoms with Gasteiger partial charge in [-0.05, 0) is 19.1 Å². The Hall–Kier alpha value is -3.14. The Morgan fingerprint density at radius 3 is 2.00 bits per heavy atom. The van der Waals surface area contributed by atoms with Crippen LogP contribution in [0.3, 0.4) is 0 Å². The molecule has 0 saturated carbocycles. The van der Waals surface area contributed by atoms with Crippen LogP contribution in [0.5, 0.6) is 0 Å². The minimum Gasteiger partial charge on any atom is -0.225 e. The van der Waals surface area contributed by atoms with E-state index in [1.807, 2.05) is 17.9 Å². The van der Waals surface area contributed by atoms with Crippen molar-refractivity contribution in [3.8, 4) is 22.8 Å². The largest absolute Gasteiger partial charge is 0.253 e. The molecule has 0 saturated heterocycles. The average Bonchev–Trinajstić information content (AvgIpc) is 3.23. The van der Waals surface area contributed by atoms with Gasteiger partial charge >= 0.3 is 0 Å². The average molecular weight is 372 g/mol. The number of rotatable bonds is 3. The van der Waals surface area contributed by atoms with Crippen LogP contribution < -0.4 is 4.57 Å². The van der Waals surface area contributed by atoms with E-state index in [4.69, 9.17) is 0 Å². The van der Waals surface area contributed by atoms with Crippen LogP contribution in [0.1, 0.15) is 32.3 Å². The van der Waals surface area contributed by atoms with Crippen molar-refractivity contribution in [2.24, 2.45) is 7.05 Å². The van der Waals surface area contributed by atoms with Gasteiger partial charge in [0, 0.05) is 17.0 Å². The second-order valence-corrected chi connectivity index (χ2v) is 8.19. The van der Waals surface area contributed by atoms with Crippen molar-refractivity contribution >= 4 is 0 Å². The summed E-state index contributed by atoms with van der Waals surface area (Å²) < 4.78 is 6.69. The molecule has 142 valence electrons. The van der Waals surface area contributed by atoms with Crippen molar-refractivity contribution in [3.05, 3.63) is 84.4 Å². The molecule has 0 aliphatic heterocycles. The van der Waals surface area contributed by atoms with Gasteiger partial charge in [0.1, 0.15) is 17.1 Å². The summed E-state index contributed by atoms with van der Waals surface area (Å²) in [4.78, 5) is 0. The van der Waals surface area contributed by atoms with Gasteiger partial charge < -0.3 is 0 Å². The van der Waals surface area contributed by atoms with Crippen molar-refractivity contribution < 1.29 is 4.57 Å². The zero-order valence-electron chi connectivity index (χ0n) is 17.2. The maximum Gasteiger partial charge on any atom is 0.253 e. The first-order valence-corrected chi connectivity index (χ1v) is 9.66. The molecule has 2 aromatic carbocycles. The fourth-order valence-electron chi connectivity index (χ4n) is 3.93. The fourth-order valence-corrected chi connectivity index (χ4v) is 3.93. The number of hydrogen-bond acceptors (Lipinski definition) is 1. The maximum atomic E-state index is 4.43. The molecule has 0 fully saturated rings. The fraction of sp³-hybridized carbons (Fsp3) is 0.250. The lowest BCUT2D eigenvalue weighted by molar-refractivity contribution is -0.619. The zero-order chi connectivity index (χ0) is 19.9. The molecule has 0 amide bonds. The molecule has 0 aliphatic carbocycles. The molecule has 4 nitrogen and oxygen atoms in total. The molecule has 4 heteroatoms. The van der Waals surface area contributed by atoms with Crippen LogP contribution in [0.2, 0.25) is 0 Å². The monoisotopic (exact) mass is 371 g/mol. The van der Waals surface area contributed by atoms with E-state index < -0.39 is 0 Å².